The quantitative estimate of drug-likeness (QED) is 0.0708. The number of carbonyl (C=O) groups excluding carboxylic acids is 1. The van der Waals surface area contributed by atoms with Gasteiger partial charge in [0.2, 0.25) is 5.82 Å². The zero-order chi connectivity index (χ0) is 34.8. The number of anilines is 1. The molecule has 1 aliphatic heterocycles. The topological polar surface area (TPSA) is 231 Å². The SMILES string of the molecule is COc1cc(COCCO[N+](=O)[O-])ccc1C(=O)O[C@@H](CNC(C)(C)C)COc1nsnc1N1CCOCC1.O=C(O)/C=C\C(=O)O. The fourth-order valence-corrected chi connectivity index (χ4v) is 4.19. The molecule has 1 aliphatic rings. The van der Waals surface area contributed by atoms with Crippen molar-refractivity contribution in [2.24, 2.45) is 0 Å². The lowest BCUT2D eigenvalue weighted by Gasteiger charge is -2.27. The molecule has 1 aromatic carbocycles. The van der Waals surface area contributed by atoms with E-state index in [2.05, 4.69) is 23.8 Å². The number of nitrogens with zero attached hydrogens (tertiary/aromatic N) is 4. The van der Waals surface area contributed by atoms with E-state index >= 15 is 0 Å². The third kappa shape index (κ3) is 15.5. The molecular formula is C28H39N5O13S. The fourth-order valence-electron chi connectivity index (χ4n) is 3.67. The van der Waals surface area contributed by atoms with Crippen molar-refractivity contribution in [1.29, 1.82) is 0 Å². The summed E-state index contributed by atoms with van der Waals surface area (Å²) >= 11 is 1.06. The van der Waals surface area contributed by atoms with Crippen LogP contribution in [0.2, 0.25) is 0 Å². The molecule has 0 aliphatic carbocycles. The van der Waals surface area contributed by atoms with Crippen LogP contribution in [0.25, 0.3) is 0 Å². The largest absolute Gasteiger partial charge is 0.496 e. The summed E-state index contributed by atoms with van der Waals surface area (Å²) in [6.07, 6.45) is 0.482. The van der Waals surface area contributed by atoms with E-state index in [1.165, 1.54) is 7.11 Å². The van der Waals surface area contributed by atoms with Gasteiger partial charge in [-0.2, -0.15) is 4.37 Å². The third-order valence-electron chi connectivity index (χ3n) is 5.84. The Labute approximate surface area is 274 Å². The number of rotatable bonds is 17. The van der Waals surface area contributed by atoms with Crippen LogP contribution in [0.3, 0.4) is 0 Å². The highest BCUT2D eigenvalue weighted by molar-refractivity contribution is 6.99. The van der Waals surface area contributed by atoms with Gasteiger partial charge in [-0.3, -0.25) is 0 Å². The number of benzene rings is 1. The van der Waals surface area contributed by atoms with Crippen molar-refractivity contribution in [3.05, 3.63) is 51.6 Å². The van der Waals surface area contributed by atoms with E-state index in [4.69, 9.17) is 33.9 Å². The standard InChI is InChI=1S/C24H35N5O9S.C4H4O4/c1-24(2,3)25-14-18(16-36-22-21(26-39-27-22)28-7-9-34-10-8-28)38-23(30)19-6-5-17(13-20(19)33-4)15-35-11-12-37-29(31)32;5-3(6)1-2-4(7)8/h5-6,13,18,25H,7-12,14-16H2,1-4H3;1-2H,(H,5,6)(H,7,8)/b;2-1-/t18-;/m0./s1. The summed E-state index contributed by atoms with van der Waals surface area (Å²) in [7, 11) is 1.45. The van der Waals surface area contributed by atoms with Gasteiger partial charge in [-0.25, -0.2) is 14.4 Å². The molecule has 2 aromatic rings. The van der Waals surface area contributed by atoms with Gasteiger partial charge in [0.1, 0.15) is 30.6 Å². The van der Waals surface area contributed by atoms with Crippen LogP contribution in [-0.4, -0.2) is 113 Å². The van der Waals surface area contributed by atoms with Crippen LogP contribution in [0.15, 0.2) is 30.4 Å². The minimum atomic E-state index is -1.26. The highest BCUT2D eigenvalue weighted by Crippen LogP contribution is 2.27. The van der Waals surface area contributed by atoms with E-state index in [0.717, 1.165) is 11.7 Å². The Morgan fingerprint density at radius 3 is 2.43 bits per heavy atom. The summed E-state index contributed by atoms with van der Waals surface area (Å²) in [5.74, 6) is -1.73. The van der Waals surface area contributed by atoms with Crippen molar-refractivity contribution in [1.82, 2.24) is 14.1 Å². The van der Waals surface area contributed by atoms with E-state index in [9.17, 15) is 24.5 Å². The number of morpholine rings is 1. The average molecular weight is 686 g/mol. The molecular weight excluding hydrogens is 646 g/mol. The number of esters is 1. The van der Waals surface area contributed by atoms with Crippen LogP contribution in [0.1, 0.15) is 36.7 Å². The predicted octanol–water partition coefficient (Wildman–Crippen LogP) is 1.81. The summed E-state index contributed by atoms with van der Waals surface area (Å²) in [6, 6.07) is 4.94. The second kappa shape index (κ2) is 19.8. The highest BCUT2D eigenvalue weighted by atomic mass is 32.1. The second-order valence-corrected chi connectivity index (χ2v) is 11.1. The van der Waals surface area contributed by atoms with Gasteiger partial charge in [-0.05, 0) is 38.5 Å². The van der Waals surface area contributed by atoms with Gasteiger partial charge in [0, 0.05) is 37.3 Å². The lowest BCUT2D eigenvalue weighted by Crippen LogP contribution is -2.44. The number of ether oxygens (including phenoxy) is 5. The Morgan fingerprint density at radius 1 is 1.15 bits per heavy atom. The molecule has 47 heavy (non-hydrogen) atoms. The second-order valence-electron chi connectivity index (χ2n) is 10.6. The van der Waals surface area contributed by atoms with Crippen molar-refractivity contribution in [2.45, 2.75) is 39.0 Å². The van der Waals surface area contributed by atoms with Crippen molar-refractivity contribution in [3.8, 4) is 11.6 Å². The predicted molar refractivity (Wildman–Crippen MR) is 165 cm³/mol. The number of carboxylic acids is 2. The Morgan fingerprint density at radius 2 is 1.83 bits per heavy atom. The van der Waals surface area contributed by atoms with Crippen molar-refractivity contribution in [3.63, 3.8) is 0 Å². The van der Waals surface area contributed by atoms with Crippen LogP contribution >= 0.6 is 11.7 Å². The van der Waals surface area contributed by atoms with E-state index in [-0.39, 0.29) is 37.5 Å². The number of methoxy groups -OCH3 is 1. The summed E-state index contributed by atoms with van der Waals surface area (Å²) < 4.78 is 36.7. The van der Waals surface area contributed by atoms with Crippen LogP contribution in [0.4, 0.5) is 5.82 Å². The van der Waals surface area contributed by atoms with Crippen LogP contribution in [0.5, 0.6) is 11.6 Å². The number of aliphatic carboxylic acids is 2. The number of hydrogen-bond donors (Lipinski definition) is 3. The number of carbonyl (C=O) groups is 3. The number of hydrogen-bond acceptors (Lipinski definition) is 16. The first-order valence-corrected chi connectivity index (χ1v) is 14.9. The Hall–Kier alpha value is -4.59. The molecule has 0 saturated carbocycles. The smallest absolute Gasteiger partial charge is 0.342 e. The number of aromatic nitrogens is 2. The molecule has 0 unspecified atom stereocenters. The summed E-state index contributed by atoms with van der Waals surface area (Å²) in [5.41, 5.74) is 0.740. The Kier molecular flexibility index (Phi) is 16.3. The molecule has 3 N–H and O–H groups in total. The van der Waals surface area contributed by atoms with E-state index < -0.39 is 29.1 Å². The molecule has 0 radical (unpaired) electrons. The normalized spacial score (nSPS) is 13.7. The zero-order valence-electron chi connectivity index (χ0n) is 26.4. The maximum absolute atomic E-state index is 13.2. The molecule has 19 heteroatoms. The zero-order valence-corrected chi connectivity index (χ0v) is 27.2. The molecule has 1 aromatic heterocycles. The van der Waals surface area contributed by atoms with E-state index in [0.29, 0.717) is 68.0 Å². The molecule has 0 amide bonds. The van der Waals surface area contributed by atoms with Gasteiger partial charge in [0.15, 0.2) is 0 Å². The van der Waals surface area contributed by atoms with Gasteiger partial charge < -0.3 is 49.0 Å². The summed E-state index contributed by atoms with van der Waals surface area (Å²) in [6.45, 7) is 9.08. The molecule has 0 spiro atoms. The molecule has 1 saturated heterocycles. The van der Waals surface area contributed by atoms with Gasteiger partial charge >= 0.3 is 17.9 Å². The Bertz CT molecular complexity index is 1330. The molecule has 2 heterocycles. The van der Waals surface area contributed by atoms with Crippen LogP contribution < -0.4 is 19.7 Å². The highest BCUT2D eigenvalue weighted by Gasteiger charge is 2.25. The minimum absolute atomic E-state index is 0.0390. The lowest BCUT2D eigenvalue weighted by atomic mass is 10.1. The first-order chi connectivity index (χ1) is 22.3. The Balaban J connectivity index is 0.000000849. The molecule has 260 valence electrons. The van der Waals surface area contributed by atoms with Crippen LogP contribution in [-0.2, 0) is 35.2 Å². The van der Waals surface area contributed by atoms with Gasteiger partial charge in [0.25, 0.3) is 11.0 Å². The van der Waals surface area contributed by atoms with Crippen molar-refractivity contribution < 1.29 is 58.2 Å². The van der Waals surface area contributed by atoms with Crippen molar-refractivity contribution in [2.75, 3.05) is 64.7 Å². The molecule has 1 fully saturated rings. The maximum Gasteiger partial charge on any atom is 0.342 e. The number of carboxylic acid groups (broad SMARTS) is 2. The third-order valence-corrected chi connectivity index (χ3v) is 6.34. The number of nitrogens with one attached hydrogen (secondary N) is 1. The maximum atomic E-state index is 13.2. The van der Waals surface area contributed by atoms with Gasteiger partial charge in [-0.1, -0.05) is 6.07 Å². The minimum Gasteiger partial charge on any atom is -0.496 e. The molecule has 1 atom stereocenters. The molecule has 3 rings (SSSR count). The molecule has 0 bridgehead atoms. The summed E-state index contributed by atoms with van der Waals surface area (Å²) in [5, 5.41) is 28.3. The summed E-state index contributed by atoms with van der Waals surface area (Å²) in [4.78, 5) is 48.8. The fraction of sp³-hybridized carbons (Fsp3) is 0.536. The lowest BCUT2D eigenvalue weighted by molar-refractivity contribution is -0.758. The monoisotopic (exact) mass is 685 g/mol. The first-order valence-electron chi connectivity index (χ1n) is 14.2. The van der Waals surface area contributed by atoms with Gasteiger partial charge in [0.05, 0.1) is 45.3 Å². The van der Waals surface area contributed by atoms with Crippen molar-refractivity contribution >= 4 is 35.5 Å². The van der Waals surface area contributed by atoms with E-state index in [1.54, 1.807) is 18.2 Å². The van der Waals surface area contributed by atoms with Gasteiger partial charge in [-0.15, -0.1) is 14.5 Å². The first kappa shape index (κ1) is 38.6. The van der Waals surface area contributed by atoms with E-state index in [1.807, 2.05) is 20.8 Å². The van der Waals surface area contributed by atoms with Crippen LogP contribution in [0, 0.1) is 10.1 Å². The average Bonchev–Trinajstić information content (AvgIpc) is 3.50. The molecule has 18 nitrogen and oxygen atoms in total.